The molecule has 0 aliphatic heterocycles. The summed E-state index contributed by atoms with van der Waals surface area (Å²) in [7, 11) is 0. The molecule has 1 amide bonds. The molecule has 1 heterocycles. The highest BCUT2D eigenvalue weighted by molar-refractivity contribution is 5.79. The molecule has 2 rings (SSSR count). The first-order chi connectivity index (χ1) is 8.66. The molecular formula is C13H16N2O3. The van der Waals surface area contributed by atoms with Crippen LogP contribution in [-0.4, -0.2) is 39.5 Å². The van der Waals surface area contributed by atoms with Gasteiger partial charge in [0.1, 0.15) is 0 Å². The SMILES string of the molecule is O=C(O)CCN(C(=O)Cc1ccccn1)C1CC1. The predicted octanol–water partition coefficient (Wildman–Crippen LogP) is 1.09. The zero-order valence-corrected chi connectivity index (χ0v) is 10.1. The number of rotatable bonds is 6. The van der Waals surface area contributed by atoms with Crippen molar-refractivity contribution in [2.75, 3.05) is 6.54 Å². The van der Waals surface area contributed by atoms with E-state index < -0.39 is 5.97 Å². The molecule has 0 saturated heterocycles. The molecule has 1 fully saturated rings. The number of nitrogens with zero attached hydrogens (tertiary/aromatic N) is 2. The first-order valence-electron chi connectivity index (χ1n) is 6.08. The Bertz CT molecular complexity index is 429. The highest BCUT2D eigenvalue weighted by Crippen LogP contribution is 2.27. The number of carbonyl (C=O) groups excluding carboxylic acids is 1. The van der Waals surface area contributed by atoms with Gasteiger partial charge in [-0.2, -0.15) is 0 Å². The molecule has 96 valence electrons. The summed E-state index contributed by atoms with van der Waals surface area (Å²) in [6.45, 7) is 0.297. The zero-order valence-electron chi connectivity index (χ0n) is 10.1. The van der Waals surface area contributed by atoms with Crippen LogP contribution in [0.4, 0.5) is 0 Å². The maximum absolute atomic E-state index is 12.1. The van der Waals surface area contributed by atoms with Gasteiger partial charge >= 0.3 is 5.97 Å². The molecule has 5 heteroatoms. The van der Waals surface area contributed by atoms with Crippen LogP contribution in [-0.2, 0) is 16.0 Å². The fourth-order valence-corrected chi connectivity index (χ4v) is 1.87. The van der Waals surface area contributed by atoms with Gasteiger partial charge in [0.05, 0.1) is 12.8 Å². The molecule has 1 aliphatic rings. The third kappa shape index (κ3) is 3.55. The number of carboxylic acid groups (broad SMARTS) is 1. The van der Waals surface area contributed by atoms with Gasteiger partial charge in [0, 0.05) is 24.5 Å². The second kappa shape index (κ2) is 5.62. The normalized spacial score (nSPS) is 14.2. The quantitative estimate of drug-likeness (QED) is 0.818. The van der Waals surface area contributed by atoms with Crippen LogP contribution in [0.5, 0.6) is 0 Å². The molecule has 0 aromatic carbocycles. The highest BCUT2D eigenvalue weighted by atomic mass is 16.4. The summed E-state index contributed by atoms with van der Waals surface area (Å²) in [6.07, 6.45) is 3.86. The number of hydrogen-bond acceptors (Lipinski definition) is 3. The maximum atomic E-state index is 12.1. The van der Waals surface area contributed by atoms with E-state index in [4.69, 9.17) is 5.11 Å². The average molecular weight is 248 g/mol. The smallest absolute Gasteiger partial charge is 0.305 e. The monoisotopic (exact) mass is 248 g/mol. The van der Waals surface area contributed by atoms with E-state index in [9.17, 15) is 9.59 Å². The molecule has 1 N–H and O–H groups in total. The van der Waals surface area contributed by atoms with Crippen molar-refractivity contribution >= 4 is 11.9 Å². The molecule has 0 atom stereocenters. The zero-order chi connectivity index (χ0) is 13.0. The van der Waals surface area contributed by atoms with Crippen molar-refractivity contribution in [1.82, 2.24) is 9.88 Å². The number of hydrogen-bond donors (Lipinski definition) is 1. The minimum absolute atomic E-state index is 0.00442. The highest BCUT2D eigenvalue weighted by Gasteiger charge is 2.32. The first kappa shape index (κ1) is 12.5. The van der Waals surface area contributed by atoms with Gasteiger partial charge in [-0.15, -0.1) is 0 Å². The van der Waals surface area contributed by atoms with Crippen LogP contribution in [0.25, 0.3) is 0 Å². The van der Waals surface area contributed by atoms with Crippen LogP contribution >= 0.6 is 0 Å². The van der Waals surface area contributed by atoms with Gasteiger partial charge in [-0.05, 0) is 25.0 Å². The molecule has 0 spiro atoms. The first-order valence-corrected chi connectivity index (χ1v) is 6.08. The number of amides is 1. The Morgan fingerprint density at radius 1 is 1.39 bits per heavy atom. The van der Waals surface area contributed by atoms with Crippen LogP contribution in [0, 0.1) is 0 Å². The second-order valence-electron chi connectivity index (χ2n) is 4.46. The van der Waals surface area contributed by atoms with Crippen molar-refractivity contribution in [3.05, 3.63) is 30.1 Å². The standard InChI is InChI=1S/C13H16N2O3/c16-12(9-10-3-1-2-7-14-10)15(11-4-5-11)8-6-13(17)18/h1-3,7,11H,4-6,8-9H2,(H,17,18). The topological polar surface area (TPSA) is 70.5 Å². The molecular weight excluding hydrogens is 232 g/mol. The number of pyridine rings is 1. The van der Waals surface area contributed by atoms with Gasteiger partial charge in [-0.1, -0.05) is 6.07 Å². The van der Waals surface area contributed by atoms with Crippen molar-refractivity contribution in [1.29, 1.82) is 0 Å². The minimum Gasteiger partial charge on any atom is -0.481 e. The van der Waals surface area contributed by atoms with E-state index in [0.717, 1.165) is 18.5 Å². The maximum Gasteiger partial charge on any atom is 0.305 e. The minimum atomic E-state index is -0.869. The molecule has 1 aromatic rings. The Kier molecular flexibility index (Phi) is 3.92. The molecule has 0 bridgehead atoms. The fraction of sp³-hybridized carbons (Fsp3) is 0.462. The van der Waals surface area contributed by atoms with Gasteiger partial charge in [0.2, 0.25) is 5.91 Å². The molecule has 1 saturated carbocycles. The Morgan fingerprint density at radius 3 is 2.72 bits per heavy atom. The number of aromatic nitrogens is 1. The Labute approximate surface area is 105 Å². The van der Waals surface area contributed by atoms with Crippen molar-refractivity contribution in [2.45, 2.75) is 31.7 Å². The van der Waals surface area contributed by atoms with Crippen LogP contribution in [0.1, 0.15) is 25.0 Å². The van der Waals surface area contributed by atoms with Gasteiger partial charge in [0.25, 0.3) is 0 Å². The van der Waals surface area contributed by atoms with Crippen LogP contribution in [0.2, 0.25) is 0 Å². The second-order valence-corrected chi connectivity index (χ2v) is 4.46. The lowest BCUT2D eigenvalue weighted by molar-refractivity contribution is -0.138. The molecule has 0 radical (unpaired) electrons. The third-order valence-corrected chi connectivity index (χ3v) is 2.93. The fourth-order valence-electron chi connectivity index (χ4n) is 1.87. The molecule has 0 unspecified atom stereocenters. The largest absolute Gasteiger partial charge is 0.481 e. The van der Waals surface area contributed by atoms with Crippen LogP contribution in [0.3, 0.4) is 0 Å². The van der Waals surface area contributed by atoms with Gasteiger partial charge in [0.15, 0.2) is 0 Å². The Balaban J connectivity index is 1.93. The van der Waals surface area contributed by atoms with E-state index >= 15 is 0 Å². The lowest BCUT2D eigenvalue weighted by Gasteiger charge is -2.21. The summed E-state index contributed by atoms with van der Waals surface area (Å²) >= 11 is 0. The van der Waals surface area contributed by atoms with E-state index in [2.05, 4.69) is 4.98 Å². The van der Waals surface area contributed by atoms with Crippen molar-refractivity contribution < 1.29 is 14.7 Å². The third-order valence-electron chi connectivity index (χ3n) is 2.93. The average Bonchev–Trinajstić information content (AvgIpc) is 3.14. The van der Waals surface area contributed by atoms with Gasteiger partial charge in [-0.3, -0.25) is 14.6 Å². The van der Waals surface area contributed by atoms with E-state index in [1.54, 1.807) is 23.2 Å². The Hall–Kier alpha value is -1.91. The van der Waals surface area contributed by atoms with Crippen molar-refractivity contribution in [2.24, 2.45) is 0 Å². The molecule has 5 nitrogen and oxygen atoms in total. The number of carbonyl (C=O) groups is 2. The number of aliphatic carboxylic acids is 1. The summed E-state index contributed by atoms with van der Waals surface area (Å²) in [4.78, 5) is 28.5. The van der Waals surface area contributed by atoms with Crippen molar-refractivity contribution in [3.63, 3.8) is 0 Å². The van der Waals surface area contributed by atoms with Crippen LogP contribution in [0.15, 0.2) is 24.4 Å². The van der Waals surface area contributed by atoms with Gasteiger partial charge < -0.3 is 10.0 Å². The predicted molar refractivity (Wildman–Crippen MR) is 64.9 cm³/mol. The lowest BCUT2D eigenvalue weighted by Crippen LogP contribution is -2.36. The van der Waals surface area contributed by atoms with E-state index in [1.807, 2.05) is 6.07 Å². The summed E-state index contributed by atoms with van der Waals surface area (Å²) < 4.78 is 0. The summed E-state index contributed by atoms with van der Waals surface area (Å²) in [5, 5.41) is 8.69. The molecule has 18 heavy (non-hydrogen) atoms. The lowest BCUT2D eigenvalue weighted by atomic mass is 10.2. The summed E-state index contributed by atoms with van der Waals surface area (Å²) in [5.41, 5.74) is 0.725. The Morgan fingerprint density at radius 2 is 2.17 bits per heavy atom. The molecule has 1 aliphatic carbocycles. The van der Waals surface area contributed by atoms with E-state index in [1.165, 1.54) is 0 Å². The summed E-state index contributed by atoms with van der Waals surface area (Å²) in [5.74, 6) is -0.899. The molecule has 1 aromatic heterocycles. The van der Waals surface area contributed by atoms with E-state index in [-0.39, 0.29) is 24.8 Å². The van der Waals surface area contributed by atoms with Crippen molar-refractivity contribution in [3.8, 4) is 0 Å². The number of carboxylic acids is 1. The van der Waals surface area contributed by atoms with E-state index in [0.29, 0.717) is 6.54 Å². The summed E-state index contributed by atoms with van der Waals surface area (Å²) in [6, 6.07) is 5.69. The van der Waals surface area contributed by atoms with Crippen LogP contribution < -0.4 is 0 Å². The van der Waals surface area contributed by atoms with Gasteiger partial charge in [-0.25, -0.2) is 0 Å².